The van der Waals surface area contributed by atoms with E-state index >= 15 is 0 Å². The zero-order valence-electron chi connectivity index (χ0n) is 14.9. The molecule has 0 unspecified atom stereocenters. The number of amides is 1. The second-order valence-electron chi connectivity index (χ2n) is 6.50. The predicted molar refractivity (Wildman–Crippen MR) is 103 cm³/mol. The van der Waals surface area contributed by atoms with Crippen LogP contribution in [0, 0.1) is 0 Å². The number of hydrogen-bond donors (Lipinski definition) is 1. The Balaban J connectivity index is 1.81. The lowest BCUT2D eigenvalue weighted by molar-refractivity contribution is 0.102. The van der Waals surface area contributed by atoms with Crippen LogP contribution in [0.25, 0.3) is 0 Å². The van der Waals surface area contributed by atoms with Crippen LogP contribution in [-0.2, 0) is 16.4 Å². The van der Waals surface area contributed by atoms with Gasteiger partial charge >= 0.3 is 0 Å². The van der Waals surface area contributed by atoms with Crippen molar-refractivity contribution in [1.82, 2.24) is 4.31 Å². The summed E-state index contributed by atoms with van der Waals surface area (Å²) >= 11 is 0. The summed E-state index contributed by atoms with van der Waals surface area (Å²) in [6.07, 6.45) is 3.71. The van der Waals surface area contributed by atoms with Crippen molar-refractivity contribution in [3.8, 4) is 0 Å². The SMILES string of the molecule is CCc1cccc(NC(=O)c2cccc(S(=O)(=O)N3CCCCC3)c2)c1. The Morgan fingerprint density at radius 2 is 1.77 bits per heavy atom. The maximum Gasteiger partial charge on any atom is 0.255 e. The Labute approximate surface area is 155 Å². The van der Waals surface area contributed by atoms with Gasteiger partial charge in [0.1, 0.15) is 0 Å². The third kappa shape index (κ3) is 4.14. The molecule has 0 spiro atoms. The minimum absolute atomic E-state index is 0.175. The fraction of sp³-hybridized carbons (Fsp3) is 0.350. The number of piperidine rings is 1. The van der Waals surface area contributed by atoms with Gasteiger partial charge in [-0.05, 0) is 55.2 Å². The smallest absolute Gasteiger partial charge is 0.255 e. The average Bonchev–Trinajstić information content (AvgIpc) is 2.69. The van der Waals surface area contributed by atoms with Gasteiger partial charge in [-0.25, -0.2) is 8.42 Å². The minimum Gasteiger partial charge on any atom is -0.322 e. The van der Waals surface area contributed by atoms with E-state index in [4.69, 9.17) is 0 Å². The van der Waals surface area contributed by atoms with Crippen LogP contribution in [0.5, 0.6) is 0 Å². The molecule has 5 nitrogen and oxygen atoms in total. The molecule has 0 saturated carbocycles. The zero-order valence-corrected chi connectivity index (χ0v) is 15.8. The standard InChI is InChI=1S/C20H24N2O3S/c1-2-16-8-6-10-18(14-16)21-20(23)17-9-7-11-19(15-17)26(24,25)22-12-4-3-5-13-22/h6-11,14-15H,2-5,12-13H2,1H3,(H,21,23). The summed E-state index contributed by atoms with van der Waals surface area (Å²) in [5, 5.41) is 2.84. The summed E-state index contributed by atoms with van der Waals surface area (Å²) in [5.41, 5.74) is 2.17. The van der Waals surface area contributed by atoms with Gasteiger partial charge in [0.25, 0.3) is 5.91 Å². The van der Waals surface area contributed by atoms with Gasteiger partial charge in [-0.3, -0.25) is 4.79 Å². The molecule has 0 bridgehead atoms. The van der Waals surface area contributed by atoms with Crippen LogP contribution in [0.1, 0.15) is 42.1 Å². The number of rotatable bonds is 5. The molecule has 1 aliphatic heterocycles. The molecule has 26 heavy (non-hydrogen) atoms. The van der Waals surface area contributed by atoms with E-state index in [2.05, 4.69) is 12.2 Å². The Morgan fingerprint density at radius 3 is 2.50 bits per heavy atom. The first kappa shape index (κ1) is 18.6. The molecule has 138 valence electrons. The number of carbonyl (C=O) groups excluding carboxylic acids is 1. The van der Waals surface area contributed by atoms with Crippen LogP contribution in [0.3, 0.4) is 0 Å². The van der Waals surface area contributed by atoms with Gasteiger partial charge in [-0.15, -0.1) is 0 Å². The zero-order chi connectivity index (χ0) is 18.6. The topological polar surface area (TPSA) is 66.5 Å². The number of benzene rings is 2. The fourth-order valence-corrected chi connectivity index (χ4v) is 4.69. The number of sulfonamides is 1. The third-order valence-electron chi connectivity index (χ3n) is 4.64. The summed E-state index contributed by atoms with van der Waals surface area (Å²) < 4.78 is 27.1. The monoisotopic (exact) mass is 372 g/mol. The van der Waals surface area contributed by atoms with E-state index in [-0.39, 0.29) is 10.8 Å². The number of carbonyl (C=O) groups is 1. The molecule has 1 amide bonds. The van der Waals surface area contributed by atoms with Crippen molar-refractivity contribution in [3.63, 3.8) is 0 Å². The average molecular weight is 372 g/mol. The lowest BCUT2D eigenvalue weighted by Crippen LogP contribution is -2.35. The lowest BCUT2D eigenvalue weighted by Gasteiger charge is -2.26. The lowest BCUT2D eigenvalue weighted by atomic mass is 10.1. The summed E-state index contributed by atoms with van der Waals surface area (Å²) in [7, 11) is -3.55. The molecule has 6 heteroatoms. The van der Waals surface area contributed by atoms with Crippen molar-refractivity contribution in [2.24, 2.45) is 0 Å². The van der Waals surface area contributed by atoms with Crippen molar-refractivity contribution in [2.45, 2.75) is 37.5 Å². The van der Waals surface area contributed by atoms with Gasteiger partial charge < -0.3 is 5.32 Å². The highest BCUT2D eigenvalue weighted by atomic mass is 32.2. The summed E-state index contributed by atoms with van der Waals surface area (Å²) in [6, 6.07) is 13.9. The van der Waals surface area contributed by atoms with Crippen LogP contribution in [-0.4, -0.2) is 31.7 Å². The maximum atomic E-state index is 12.8. The minimum atomic E-state index is -3.55. The first-order valence-electron chi connectivity index (χ1n) is 9.01. The molecular formula is C20H24N2O3S. The van der Waals surface area contributed by atoms with E-state index in [9.17, 15) is 13.2 Å². The highest BCUT2D eigenvalue weighted by molar-refractivity contribution is 7.89. The molecule has 1 N–H and O–H groups in total. The Bertz CT molecular complexity index is 887. The van der Waals surface area contributed by atoms with Crippen molar-refractivity contribution >= 4 is 21.6 Å². The number of aryl methyl sites for hydroxylation is 1. The van der Waals surface area contributed by atoms with Crippen molar-refractivity contribution in [1.29, 1.82) is 0 Å². The van der Waals surface area contributed by atoms with Crippen LogP contribution < -0.4 is 5.32 Å². The summed E-state index contributed by atoms with van der Waals surface area (Å²) in [5.74, 6) is -0.311. The number of hydrogen-bond acceptors (Lipinski definition) is 3. The number of nitrogens with zero attached hydrogens (tertiary/aromatic N) is 1. The van der Waals surface area contributed by atoms with Crippen LogP contribution in [0.2, 0.25) is 0 Å². The molecule has 1 aliphatic rings. The van der Waals surface area contributed by atoms with Gasteiger partial charge in [0.05, 0.1) is 4.90 Å². The van der Waals surface area contributed by atoms with E-state index in [0.29, 0.717) is 24.3 Å². The molecule has 3 rings (SSSR count). The highest BCUT2D eigenvalue weighted by Gasteiger charge is 2.26. The predicted octanol–water partition coefficient (Wildman–Crippen LogP) is 3.68. The van der Waals surface area contributed by atoms with Crippen molar-refractivity contribution in [3.05, 3.63) is 59.7 Å². The molecule has 0 atom stereocenters. The van der Waals surface area contributed by atoms with Crippen LogP contribution in [0.4, 0.5) is 5.69 Å². The van der Waals surface area contributed by atoms with Gasteiger partial charge in [-0.2, -0.15) is 4.31 Å². The van der Waals surface area contributed by atoms with E-state index in [1.54, 1.807) is 18.2 Å². The number of anilines is 1. The molecule has 1 saturated heterocycles. The second-order valence-corrected chi connectivity index (χ2v) is 8.44. The molecule has 0 aromatic heterocycles. The van der Waals surface area contributed by atoms with Gasteiger partial charge in [-0.1, -0.05) is 31.5 Å². The maximum absolute atomic E-state index is 12.8. The molecule has 2 aromatic carbocycles. The first-order chi connectivity index (χ1) is 12.5. The highest BCUT2D eigenvalue weighted by Crippen LogP contribution is 2.22. The summed E-state index contributed by atoms with van der Waals surface area (Å²) in [6.45, 7) is 3.14. The third-order valence-corrected chi connectivity index (χ3v) is 6.54. The quantitative estimate of drug-likeness (QED) is 0.871. The fourth-order valence-electron chi connectivity index (χ4n) is 3.12. The molecule has 0 aliphatic carbocycles. The van der Waals surface area contributed by atoms with Gasteiger partial charge in [0, 0.05) is 24.3 Å². The van der Waals surface area contributed by atoms with E-state index in [1.165, 1.54) is 10.4 Å². The van der Waals surface area contributed by atoms with E-state index in [1.807, 2.05) is 24.3 Å². The number of nitrogens with one attached hydrogen (secondary N) is 1. The normalized spacial score (nSPS) is 15.6. The molecule has 2 aromatic rings. The van der Waals surface area contributed by atoms with Crippen molar-refractivity contribution < 1.29 is 13.2 Å². The Morgan fingerprint density at radius 1 is 1.04 bits per heavy atom. The molecular weight excluding hydrogens is 348 g/mol. The van der Waals surface area contributed by atoms with E-state index < -0.39 is 10.0 Å². The first-order valence-corrected chi connectivity index (χ1v) is 10.5. The van der Waals surface area contributed by atoms with Crippen LogP contribution in [0.15, 0.2) is 53.4 Å². The van der Waals surface area contributed by atoms with Gasteiger partial charge in [0.15, 0.2) is 0 Å². The molecule has 1 fully saturated rings. The largest absolute Gasteiger partial charge is 0.322 e. The van der Waals surface area contributed by atoms with E-state index in [0.717, 1.165) is 31.2 Å². The summed E-state index contributed by atoms with van der Waals surface area (Å²) in [4.78, 5) is 12.7. The Kier molecular flexibility index (Phi) is 5.74. The molecule has 0 radical (unpaired) electrons. The van der Waals surface area contributed by atoms with Gasteiger partial charge in [0.2, 0.25) is 10.0 Å². The molecule has 1 heterocycles. The van der Waals surface area contributed by atoms with Crippen molar-refractivity contribution in [2.75, 3.05) is 18.4 Å². The Hall–Kier alpha value is -2.18. The van der Waals surface area contributed by atoms with Crippen LogP contribution >= 0.6 is 0 Å². The second kappa shape index (κ2) is 8.01.